The van der Waals surface area contributed by atoms with Crippen LogP contribution in [-0.4, -0.2) is 9.97 Å². The van der Waals surface area contributed by atoms with Crippen molar-refractivity contribution in [2.24, 2.45) is 0 Å². The van der Waals surface area contributed by atoms with Crippen LogP contribution < -0.4 is 4.90 Å². The summed E-state index contributed by atoms with van der Waals surface area (Å²) in [7, 11) is 0. The van der Waals surface area contributed by atoms with E-state index in [9.17, 15) is 0 Å². The van der Waals surface area contributed by atoms with Gasteiger partial charge >= 0.3 is 0 Å². The van der Waals surface area contributed by atoms with Crippen LogP contribution >= 0.6 is 11.6 Å². The van der Waals surface area contributed by atoms with Gasteiger partial charge in [-0.3, -0.25) is 0 Å². The van der Waals surface area contributed by atoms with Crippen molar-refractivity contribution in [2.45, 2.75) is 0 Å². The molecule has 0 bridgehead atoms. The fraction of sp³-hybridized carbons (Fsp3) is 0. The Morgan fingerprint density at radius 2 is 0.800 bits per heavy atom. The molecule has 238 valence electrons. The van der Waals surface area contributed by atoms with E-state index in [2.05, 4.69) is 150 Å². The lowest BCUT2D eigenvalue weighted by atomic mass is 9.99. The maximum atomic E-state index is 6.96. The molecule has 3 nitrogen and oxygen atoms in total. The van der Waals surface area contributed by atoms with Crippen molar-refractivity contribution in [2.75, 3.05) is 4.90 Å². The van der Waals surface area contributed by atoms with E-state index in [4.69, 9.17) is 21.6 Å². The van der Waals surface area contributed by atoms with E-state index in [0.717, 1.165) is 67.4 Å². The molecule has 0 saturated carbocycles. The van der Waals surface area contributed by atoms with Crippen LogP contribution in [0.2, 0.25) is 5.02 Å². The second-order valence-electron chi connectivity index (χ2n) is 12.0. The first kappa shape index (κ1) is 31.0. The minimum atomic E-state index is 0.631. The third kappa shape index (κ3) is 6.55. The van der Waals surface area contributed by atoms with Crippen molar-refractivity contribution >= 4 is 28.7 Å². The van der Waals surface area contributed by atoms with Gasteiger partial charge in [0.25, 0.3) is 0 Å². The predicted molar refractivity (Wildman–Crippen MR) is 209 cm³/mol. The summed E-state index contributed by atoms with van der Waals surface area (Å²) in [5.74, 6) is 0.645. The Morgan fingerprint density at radius 1 is 0.340 bits per heavy atom. The average Bonchev–Trinajstić information content (AvgIpc) is 3.20. The topological polar surface area (TPSA) is 29.0 Å². The second-order valence-corrected chi connectivity index (χ2v) is 12.4. The summed E-state index contributed by atoms with van der Waals surface area (Å²) in [5.41, 5.74) is 12.1. The fourth-order valence-corrected chi connectivity index (χ4v) is 6.46. The van der Waals surface area contributed by atoms with E-state index in [-0.39, 0.29) is 0 Å². The van der Waals surface area contributed by atoms with Gasteiger partial charge in [0, 0.05) is 33.8 Å². The zero-order valence-electron chi connectivity index (χ0n) is 27.2. The number of nitrogens with zero attached hydrogens (tertiary/aromatic N) is 3. The van der Waals surface area contributed by atoms with Gasteiger partial charge in [-0.05, 0) is 82.9 Å². The van der Waals surface area contributed by atoms with E-state index in [1.807, 2.05) is 48.5 Å². The van der Waals surface area contributed by atoms with E-state index >= 15 is 0 Å². The van der Waals surface area contributed by atoms with Crippen LogP contribution in [0.4, 0.5) is 17.1 Å². The normalized spacial score (nSPS) is 10.9. The van der Waals surface area contributed by atoms with E-state index < -0.39 is 0 Å². The maximum absolute atomic E-state index is 6.96. The number of benzene rings is 7. The van der Waals surface area contributed by atoms with Crippen molar-refractivity contribution in [1.82, 2.24) is 9.97 Å². The summed E-state index contributed by atoms with van der Waals surface area (Å²) >= 11 is 6.96. The van der Waals surface area contributed by atoms with Crippen molar-refractivity contribution in [3.05, 3.63) is 199 Å². The molecule has 0 spiro atoms. The van der Waals surface area contributed by atoms with Crippen LogP contribution in [-0.2, 0) is 0 Å². The van der Waals surface area contributed by atoms with E-state index in [1.54, 1.807) is 0 Å². The molecule has 0 fully saturated rings. The summed E-state index contributed by atoms with van der Waals surface area (Å²) < 4.78 is 0. The second kappa shape index (κ2) is 14.1. The standard InChI is InChI=1S/C46H32ClN3/c47-43-29-26-37(34-24-27-41(28-25-34)50(39-20-9-3-10-21-39)40-22-11-4-12-23-40)31-42(43)45-32-44(35-16-7-2-8-17-35)48-46(49-45)38-19-13-18-36(30-38)33-14-5-1-6-15-33/h1-32H. The highest BCUT2D eigenvalue weighted by molar-refractivity contribution is 6.33. The summed E-state index contributed by atoms with van der Waals surface area (Å²) in [6, 6.07) is 66.7. The van der Waals surface area contributed by atoms with Crippen LogP contribution in [0.3, 0.4) is 0 Å². The number of para-hydroxylation sites is 2. The van der Waals surface area contributed by atoms with Gasteiger partial charge in [0.15, 0.2) is 5.82 Å². The molecular weight excluding hydrogens is 630 g/mol. The summed E-state index contributed by atoms with van der Waals surface area (Å²) in [5, 5.41) is 0.631. The van der Waals surface area contributed by atoms with Gasteiger partial charge in [0.05, 0.1) is 16.4 Å². The lowest BCUT2D eigenvalue weighted by molar-refractivity contribution is 1.18. The lowest BCUT2D eigenvalue weighted by Crippen LogP contribution is -2.09. The number of halogens is 1. The van der Waals surface area contributed by atoms with Crippen molar-refractivity contribution in [3.63, 3.8) is 0 Å². The van der Waals surface area contributed by atoms with Gasteiger partial charge in [-0.2, -0.15) is 0 Å². The lowest BCUT2D eigenvalue weighted by Gasteiger charge is -2.25. The van der Waals surface area contributed by atoms with Crippen LogP contribution in [0.25, 0.3) is 56.2 Å². The Hall–Kier alpha value is -6.29. The number of anilines is 3. The Bertz CT molecular complexity index is 2320. The molecule has 4 heteroatoms. The Balaban J connectivity index is 1.19. The van der Waals surface area contributed by atoms with E-state index in [1.165, 1.54) is 0 Å². The number of hydrogen-bond acceptors (Lipinski definition) is 3. The molecule has 50 heavy (non-hydrogen) atoms. The first-order chi connectivity index (χ1) is 24.7. The molecule has 0 atom stereocenters. The highest BCUT2D eigenvalue weighted by atomic mass is 35.5. The Kier molecular flexibility index (Phi) is 8.72. The molecule has 0 aliphatic rings. The molecule has 0 unspecified atom stereocenters. The molecule has 7 aromatic carbocycles. The van der Waals surface area contributed by atoms with Gasteiger partial charge in [-0.25, -0.2) is 9.97 Å². The summed E-state index contributed by atoms with van der Waals surface area (Å²) in [6.45, 7) is 0. The molecule has 0 saturated heterocycles. The number of aromatic nitrogens is 2. The maximum Gasteiger partial charge on any atom is 0.160 e. The quantitative estimate of drug-likeness (QED) is 0.162. The molecule has 8 rings (SSSR count). The van der Waals surface area contributed by atoms with Crippen LogP contribution in [0.1, 0.15) is 0 Å². The summed E-state index contributed by atoms with van der Waals surface area (Å²) in [4.78, 5) is 12.5. The predicted octanol–water partition coefficient (Wildman–Crippen LogP) is 12.9. The smallest absolute Gasteiger partial charge is 0.160 e. The first-order valence-corrected chi connectivity index (χ1v) is 17.0. The average molecular weight is 662 g/mol. The Morgan fingerprint density at radius 3 is 1.44 bits per heavy atom. The molecule has 1 heterocycles. The molecule has 0 aliphatic carbocycles. The van der Waals surface area contributed by atoms with Gasteiger partial charge in [-0.1, -0.05) is 145 Å². The monoisotopic (exact) mass is 661 g/mol. The zero-order chi connectivity index (χ0) is 33.7. The minimum Gasteiger partial charge on any atom is -0.311 e. The molecule has 0 aliphatic heterocycles. The summed E-state index contributed by atoms with van der Waals surface area (Å²) in [6.07, 6.45) is 0. The third-order valence-electron chi connectivity index (χ3n) is 8.75. The van der Waals surface area contributed by atoms with Crippen LogP contribution in [0.15, 0.2) is 194 Å². The van der Waals surface area contributed by atoms with Crippen LogP contribution in [0, 0.1) is 0 Å². The SMILES string of the molecule is Clc1ccc(-c2ccc(N(c3ccccc3)c3ccccc3)cc2)cc1-c1cc(-c2ccccc2)nc(-c2cccc(-c3ccccc3)c2)n1. The molecular formula is C46H32ClN3. The van der Waals surface area contributed by atoms with Crippen molar-refractivity contribution < 1.29 is 0 Å². The third-order valence-corrected chi connectivity index (χ3v) is 9.08. The Labute approximate surface area is 297 Å². The molecule has 0 amide bonds. The fourth-order valence-electron chi connectivity index (χ4n) is 6.24. The molecule has 0 N–H and O–H groups in total. The van der Waals surface area contributed by atoms with Crippen molar-refractivity contribution in [1.29, 1.82) is 0 Å². The van der Waals surface area contributed by atoms with Gasteiger partial charge < -0.3 is 4.90 Å². The highest BCUT2D eigenvalue weighted by Gasteiger charge is 2.16. The largest absolute Gasteiger partial charge is 0.311 e. The van der Waals surface area contributed by atoms with Gasteiger partial charge in [-0.15, -0.1) is 0 Å². The number of hydrogen-bond donors (Lipinski definition) is 0. The zero-order valence-corrected chi connectivity index (χ0v) is 28.0. The molecule has 1 aromatic heterocycles. The first-order valence-electron chi connectivity index (χ1n) is 16.6. The van der Waals surface area contributed by atoms with Crippen molar-refractivity contribution in [3.8, 4) is 56.2 Å². The highest BCUT2D eigenvalue weighted by Crippen LogP contribution is 2.38. The van der Waals surface area contributed by atoms with Gasteiger partial charge in [0.1, 0.15) is 0 Å². The molecule has 8 aromatic rings. The van der Waals surface area contributed by atoms with Crippen LogP contribution in [0.5, 0.6) is 0 Å². The minimum absolute atomic E-state index is 0.631. The molecule has 0 radical (unpaired) electrons. The van der Waals surface area contributed by atoms with E-state index in [0.29, 0.717) is 10.8 Å². The van der Waals surface area contributed by atoms with Gasteiger partial charge in [0.2, 0.25) is 0 Å². The number of rotatable bonds is 8.